The van der Waals surface area contributed by atoms with Crippen molar-refractivity contribution in [1.82, 2.24) is 0 Å². The van der Waals surface area contributed by atoms with Gasteiger partial charge in [-0.2, -0.15) is 0 Å². The maximum absolute atomic E-state index is 10.7. The summed E-state index contributed by atoms with van der Waals surface area (Å²) in [5.74, 6) is 0. The maximum Gasteiger partial charge on any atom is 1.00 e. The largest absolute Gasteiger partial charge is 1.00 e. The average Bonchev–Trinajstić information content (AvgIpc) is 2.14. The zero-order valence-electron chi connectivity index (χ0n) is 8.89. The molecule has 0 bridgehead atoms. The molecule has 1 saturated carbocycles. The summed E-state index contributed by atoms with van der Waals surface area (Å²) in [6, 6.07) is 0. The molecular formula is C8H15NaO5S. The molecule has 1 aliphatic rings. The van der Waals surface area contributed by atoms with Gasteiger partial charge in [-0.05, 0) is 25.7 Å². The van der Waals surface area contributed by atoms with Crippen molar-refractivity contribution in [1.29, 1.82) is 0 Å². The van der Waals surface area contributed by atoms with Gasteiger partial charge >= 0.3 is 29.6 Å². The Kier molecular flexibility index (Phi) is 7.61. The van der Waals surface area contributed by atoms with E-state index in [4.69, 9.17) is 9.84 Å². The van der Waals surface area contributed by atoms with E-state index in [-0.39, 0.29) is 48.9 Å². The van der Waals surface area contributed by atoms with Crippen LogP contribution in [-0.2, 0) is 14.9 Å². The van der Waals surface area contributed by atoms with Crippen molar-refractivity contribution >= 4 is 10.1 Å². The van der Waals surface area contributed by atoms with Crippen molar-refractivity contribution in [2.45, 2.75) is 37.0 Å². The summed E-state index contributed by atoms with van der Waals surface area (Å²) >= 11 is 0. The van der Waals surface area contributed by atoms with Crippen LogP contribution in [0.4, 0.5) is 0 Å². The van der Waals surface area contributed by atoms with E-state index in [2.05, 4.69) is 0 Å². The molecule has 0 unspecified atom stereocenters. The molecule has 0 heterocycles. The van der Waals surface area contributed by atoms with E-state index >= 15 is 0 Å². The molecule has 0 amide bonds. The third-order valence-electron chi connectivity index (χ3n) is 2.47. The quantitative estimate of drug-likeness (QED) is 0.418. The van der Waals surface area contributed by atoms with Crippen LogP contribution in [0.2, 0.25) is 0 Å². The molecule has 5 nitrogen and oxygen atoms in total. The van der Waals surface area contributed by atoms with E-state index in [1.807, 2.05) is 0 Å². The number of aliphatic hydroxyl groups is 1. The molecule has 15 heavy (non-hydrogen) atoms. The average molecular weight is 246 g/mol. The van der Waals surface area contributed by atoms with Crippen LogP contribution in [0.15, 0.2) is 0 Å². The van der Waals surface area contributed by atoms with Gasteiger partial charge in [0.05, 0.1) is 29.4 Å². The van der Waals surface area contributed by atoms with Gasteiger partial charge in [-0.1, -0.05) is 0 Å². The standard InChI is InChI=1S/C8H16O5S.Na/c9-5-6-13-7-1-3-8(4-2-7)14(10,11)12;/h7-9H,1-6H2,(H,10,11,12);/q;+1/p-1. The third-order valence-corrected chi connectivity index (χ3v) is 3.76. The molecule has 0 atom stereocenters. The van der Waals surface area contributed by atoms with Crippen molar-refractivity contribution in [3.05, 3.63) is 0 Å². The normalized spacial score (nSPS) is 27.1. The zero-order chi connectivity index (χ0) is 10.6. The van der Waals surface area contributed by atoms with Crippen LogP contribution in [0.5, 0.6) is 0 Å². The van der Waals surface area contributed by atoms with Crippen LogP contribution in [0.1, 0.15) is 25.7 Å². The second kappa shape index (κ2) is 7.21. The van der Waals surface area contributed by atoms with E-state index < -0.39 is 15.4 Å². The summed E-state index contributed by atoms with van der Waals surface area (Å²) in [5, 5.41) is 7.77. The van der Waals surface area contributed by atoms with Crippen LogP contribution in [0, 0.1) is 0 Å². The van der Waals surface area contributed by atoms with Crippen LogP contribution < -0.4 is 29.6 Å². The molecule has 0 aliphatic heterocycles. The fourth-order valence-electron chi connectivity index (χ4n) is 1.71. The van der Waals surface area contributed by atoms with Crippen molar-refractivity contribution in [2.75, 3.05) is 13.2 Å². The molecule has 0 aromatic heterocycles. The van der Waals surface area contributed by atoms with Gasteiger partial charge in [0.1, 0.15) is 0 Å². The minimum Gasteiger partial charge on any atom is -0.748 e. The number of ether oxygens (including phenoxy) is 1. The molecule has 84 valence electrons. The molecule has 1 N–H and O–H groups in total. The van der Waals surface area contributed by atoms with Crippen molar-refractivity contribution in [2.24, 2.45) is 0 Å². The van der Waals surface area contributed by atoms with Gasteiger partial charge in [-0.3, -0.25) is 0 Å². The molecule has 0 radical (unpaired) electrons. The van der Waals surface area contributed by atoms with E-state index in [1.54, 1.807) is 0 Å². The van der Waals surface area contributed by atoms with Gasteiger partial charge in [0, 0.05) is 5.25 Å². The predicted octanol–water partition coefficient (Wildman–Crippen LogP) is -3.14. The molecule has 0 aromatic rings. The molecule has 1 rings (SSSR count). The van der Waals surface area contributed by atoms with Gasteiger partial charge in [-0.25, -0.2) is 8.42 Å². The first-order valence-electron chi connectivity index (χ1n) is 4.71. The summed E-state index contributed by atoms with van der Waals surface area (Å²) in [7, 11) is -4.12. The summed E-state index contributed by atoms with van der Waals surface area (Å²) < 4.78 is 37.3. The summed E-state index contributed by atoms with van der Waals surface area (Å²) in [6.45, 7) is 0.249. The molecule has 1 fully saturated rings. The van der Waals surface area contributed by atoms with E-state index in [9.17, 15) is 13.0 Å². The molecule has 1 aliphatic carbocycles. The van der Waals surface area contributed by atoms with Crippen molar-refractivity contribution < 1.29 is 52.4 Å². The van der Waals surface area contributed by atoms with Crippen LogP contribution >= 0.6 is 0 Å². The Morgan fingerprint density at radius 1 is 1.27 bits per heavy atom. The molecular weight excluding hydrogens is 231 g/mol. The van der Waals surface area contributed by atoms with Gasteiger partial charge in [0.25, 0.3) is 0 Å². The first-order chi connectivity index (χ1) is 6.54. The van der Waals surface area contributed by atoms with Gasteiger partial charge in [0.2, 0.25) is 0 Å². The van der Waals surface area contributed by atoms with Gasteiger partial charge in [0.15, 0.2) is 0 Å². The van der Waals surface area contributed by atoms with E-state index in [0.29, 0.717) is 25.7 Å². The van der Waals surface area contributed by atoms with Gasteiger partial charge in [-0.15, -0.1) is 0 Å². The minimum atomic E-state index is -4.12. The first-order valence-corrected chi connectivity index (χ1v) is 6.18. The van der Waals surface area contributed by atoms with E-state index in [0.717, 1.165) is 0 Å². The Morgan fingerprint density at radius 3 is 2.20 bits per heavy atom. The first kappa shape index (κ1) is 15.8. The predicted molar refractivity (Wildman–Crippen MR) is 48.8 cm³/mol. The molecule has 0 aromatic carbocycles. The summed E-state index contributed by atoms with van der Waals surface area (Å²) in [6.07, 6.45) is 1.93. The van der Waals surface area contributed by atoms with E-state index in [1.165, 1.54) is 0 Å². The fourth-order valence-corrected chi connectivity index (χ4v) is 2.56. The zero-order valence-corrected chi connectivity index (χ0v) is 11.7. The second-order valence-electron chi connectivity index (χ2n) is 3.49. The summed E-state index contributed by atoms with van der Waals surface area (Å²) in [5.41, 5.74) is 0. The van der Waals surface area contributed by atoms with Crippen molar-refractivity contribution in [3.8, 4) is 0 Å². The Balaban J connectivity index is 0.00000196. The fraction of sp³-hybridized carbons (Fsp3) is 1.00. The van der Waals surface area contributed by atoms with Crippen LogP contribution in [-0.4, -0.2) is 42.6 Å². The minimum absolute atomic E-state index is 0. The van der Waals surface area contributed by atoms with Crippen LogP contribution in [0.25, 0.3) is 0 Å². The Hall–Kier alpha value is 0.830. The number of aliphatic hydroxyl groups excluding tert-OH is 1. The molecule has 0 spiro atoms. The third kappa shape index (κ3) is 5.63. The number of hydrogen-bond acceptors (Lipinski definition) is 5. The Morgan fingerprint density at radius 2 is 1.80 bits per heavy atom. The van der Waals surface area contributed by atoms with Crippen molar-refractivity contribution in [3.63, 3.8) is 0 Å². The summed E-state index contributed by atoms with van der Waals surface area (Å²) in [4.78, 5) is 0. The Labute approximate surface area is 112 Å². The SMILES string of the molecule is O=S(=O)([O-])C1CCC(OCCO)CC1.[Na+]. The number of hydrogen-bond donors (Lipinski definition) is 1. The topological polar surface area (TPSA) is 86.7 Å². The monoisotopic (exact) mass is 246 g/mol. The smallest absolute Gasteiger partial charge is 0.748 e. The molecule has 7 heteroatoms. The second-order valence-corrected chi connectivity index (χ2v) is 5.14. The molecule has 0 saturated heterocycles. The van der Waals surface area contributed by atoms with Gasteiger partial charge < -0.3 is 14.4 Å². The Bertz CT molecular complexity index is 258. The van der Waals surface area contributed by atoms with Crippen LogP contribution in [0.3, 0.4) is 0 Å². The maximum atomic E-state index is 10.7. The number of rotatable bonds is 4.